The van der Waals surface area contributed by atoms with Crippen LogP contribution in [-0.4, -0.2) is 30.2 Å². The van der Waals surface area contributed by atoms with E-state index in [0.29, 0.717) is 6.54 Å². The Hall–Kier alpha value is -1.85. The van der Waals surface area contributed by atoms with E-state index in [-0.39, 0.29) is 21.8 Å². The molecule has 0 aliphatic heterocycles. The third kappa shape index (κ3) is 4.06. The van der Waals surface area contributed by atoms with Crippen LogP contribution in [0.25, 0.3) is 0 Å². The lowest BCUT2D eigenvalue weighted by molar-refractivity contribution is 0.0950. The Labute approximate surface area is 132 Å². The summed E-state index contributed by atoms with van der Waals surface area (Å²) in [5.74, 6) is -0.339. The van der Waals surface area contributed by atoms with Gasteiger partial charge in [0.05, 0.1) is 5.56 Å². The topological polar surface area (TPSA) is 58.1 Å². The highest BCUT2D eigenvalue weighted by molar-refractivity contribution is 6.34. The molecular formula is C14H14Cl2N4O. The van der Waals surface area contributed by atoms with Gasteiger partial charge >= 0.3 is 0 Å². The zero-order chi connectivity index (χ0) is 15.4. The highest BCUT2D eigenvalue weighted by Gasteiger charge is 2.12. The van der Waals surface area contributed by atoms with Crippen LogP contribution in [0.1, 0.15) is 15.9 Å². The first-order valence-corrected chi connectivity index (χ1v) is 6.96. The van der Waals surface area contributed by atoms with E-state index in [2.05, 4.69) is 15.5 Å². The summed E-state index contributed by atoms with van der Waals surface area (Å²) < 4.78 is 0. The number of halogens is 2. The zero-order valence-electron chi connectivity index (χ0n) is 11.6. The van der Waals surface area contributed by atoms with Gasteiger partial charge in [0.1, 0.15) is 0 Å². The summed E-state index contributed by atoms with van der Waals surface area (Å²) in [4.78, 5) is 14.0. The SMILES string of the molecule is CN(C)c1ccc(CNC(=O)c2cc(Cl)nnc2Cl)cc1. The van der Waals surface area contributed by atoms with Crippen molar-refractivity contribution in [1.29, 1.82) is 0 Å². The van der Waals surface area contributed by atoms with Gasteiger partial charge in [0, 0.05) is 26.3 Å². The minimum Gasteiger partial charge on any atom is -0.378 e. The Kier molecular flexibility index (Phi) is 4.98. The van der Waals surface area contributed by atoms with E-state index in [9.17, 15) is 4.79 Å². The third-order valence-electron chi connectivity index (χ3n) is 2.87. The number of amides is 1. The van der Waals surface area contributed by atoms with E-state index in [0.717, 1.165) is 11.3 Å². The molecule has 7 heteroatoms. The van der Waals surface area contributed by atoms with Gasteiger partial charge in [-0.3, -0.25) is 4.79 Å². The molecule has 0 unspecified atom stereocenters. The zero-order valence-corrected chi connectivity index (χ0v) is 13.1. The van der Waals surface area contributed by atoms with Crippen LogP contribution < -0.4 is 10.2 Å². The van der Waals surface area contributed by atoms with Crippen molar-refractivity contribution < 1.29 is 4.79 Å². The van der Waals surface area contributed by atoms with E-state index in [1.807, 2.05) is 43.3 Å². The number of aromatic nitrogens is 2. The minimum absolute atomic E-state index is 0.0276. The number of hydrogen-bond acceptors (Lipinski definition) is 4. The molecule has 0 radical (unpaired) electrons. The molecule has 0 saturated carbocycles. The molecule has 2 rings (SSSR count). The Morgan fingerprint density at radius 2 is 1.86 bits per heavy atom. The molecule has 110 valence electrons. The van der Waals surface area contributed by atoms with Gasteiger partial charge < -0.3 is 10.2 Å². The maximum absolute atomic E-state index is 12.0. The molecule has 0 aliphatic carbocycles. The summed E-state index contributed by atoms with van der Waals surface area (Å²) in [5.41, 5.74) is 2.29. The van der Waals surface area contributed by atoms with Crippen LogP contribution in [0.3, 0.4) is 0 Å². The Morgan fingerprint density at radius 3 is 2.48 bits per heavy atom. The maximum atomic E-state index is 12.0. The molecule has 0 saturated heterocycles. The van der Waals surface area contributed by atoms with Crippen LogP contribution in [-0.2, 0) is 6.54 Å². The molecule has 5 nitrogen and oxygen atoms in total. The van der Waals surface area contributed by atoms with Gasteiger partial charge in [0.25, 0.3) is 5.91 Å². The second-order valence-corrected chi connectivity index (χ2v) is 5.36. The predicted octanol–water partition coefficient (Wildman–Crippen LogP) is 2.78. The smallest absolute Gasteiger partial charge is 0.254 e. The van der Waals surface area contributed by atoms with E-state index < -0.39 is 0 Å². The lowest BCUT2D eigenvalue weighted by Crippen LogP contribution is -2.23. The Bertz CT molecular complexity index is 644. The number of nitrogens with one attached hydrogen (secondary N) is 1. The number of anilines is 1. The van der Waals surface area contributed by atoms with Crippen molar-refractivity contribution in [2.75, 3.05) is 19.0 Å². The third-order valence-corrected chi connectivity index (χ3v) is 3.33. The molecule has 1 N–H and O–H groups in total. The summed E-state index contributed by atoms with van der Waals surface area (Å²) in [6, 6.07) is 9.27. The van der Waals surface area contributed by atoms with Crippen molar-refractivity contribution in [3.05, 3.63) is 51.8 Å². The molecule has 1 aromatic carbocycles. The van der Waals surface area contributed by atoms with Crippen molar-refractivity contribution in [2.24, 2.45) is 0 Å². The summed E-state index contributed by atoms with van der Waals surface area (Å²) in [6.45, 7) is 0.392. The van der Waals surface area contributed by atoms with Crippen molar-refractivity contribution in [2.45, 2.75) is 6.54 Å². The number of nitrogens with zero attached hydrogens (tertiary/aromatic N) is 3. The van der Waals surface area contributed by atoms with Gasteiger partial charge in [0.2, 0.25) is 0 Å². The molecule has 2 aromatic rings. The number of hydrogen-bond donors (Lipinski definition) is 1. The van der Waals surface area contributed by atoms with Gasteiger partial charge in [-0.15, -0.1) is 10.2 Å². The summed E-state index contributed by atoms with van der Waals surface area (Å²) in [6.07, 6.45) is 0. The predicted molar refractivity (Wildman–Crippen MR) is 84.0 cm³/mol. The van der Waals surface area contributed by atoms with Crippen LogP contribution in [0, 0.1) is 0 Å². The number of benzene rings is 1. The lowest BCUT2D eigenvalue weighted by atomic mass is 10.2. The van der Waals surface area contributed by atoms with E-state index in [1.165, 1.54) is 6.07 Å². The Balaban J connectivity index is 2.02. The molecular weight excluding hydrogens is 311 g/mol. The number of carbonyl (C=O) groups excluding carboxylic acids is 1. The largest absolute Gasteiger partial charge is 0.378 e. The van der Waals surface area contributed by atoms with Crippen LogP contribution >= 0.6 is 23.2 Å². The van der Waals surface area contributed by atoms with Gasteiger partial charge in [-0.1, -0.05) is 35.3 Å². The molecule has 0 fully saturated rings. The average Bonchev–Trinajstić information content (AvgIpc) is 2.47. The molecule has 0 bridgehead atoms. The summed E-state index contributed by atoms with van der Waals surface area (Å²) >= 11 is 11.5. The average molecular weight is 325 g/mol. The Morgan fingerprint density at radius 1 is 1.19 bits per heavy atom. The second kappa shape index (κ2) is 6.74. The highest BCUT2D eigenvalue weighted by atomic mass is 35.5. The lowest BCUT2D eigenvalue weighted by Gasteiger charge is -2.13. The molecule has 0 atom stereocenters. The van der Waals surface area contributed by atoms with Crippen molar-refractivity contribution >= 4 is 34.8 Å². The van der Waals surface area contributed by atoms with Crippen LogP contribution in [0.15, 0.2) is 30.3 Å². The molecule has 0 spiro atoms. The maximum Gasteiger partial charge on any atom is 0.254 e. The first-order chi connectivity index (χ1) is 9.97. The first-order valence-electron chi connectivity index (χ1n) is 6.20. The standard InChI is InChI=1S/C14H14Cl2N4O/c1-20(2)10-5-3-9(4-6-10)8-17-14(21)11-7-12(15)18-19-13(11)16/h3-7H,8H2,1-2H3,(H,17,21). The fraction of sp³-hybridized carbons (Fsp3) is 0.214. The second-order valence-electron chi connectivity index (χ2n) is 4.62. The van der Waals surface area contributed by atoms with Gasteiger partial charge in [-0.05, 0) is 23.8 Å². The molecule has 0 aliphatic rings. The molecule has 1 amide bonds. The molecule has 1 aromatic heterocycles. The van der Waals surface area contributed by atoms with E-state index >= 15 is 0 Å². The molecule has 21 heavy (non-hydrogen) atoms. The first kappa shape index (κ1) is 15.5. The monoisotopic (exact) mass is 324 g/mol. The van der Waals surface area contributed by atoms with Crippen molar-refractivity contribution in [1.82, 2.24) is 15.5 Å². The minimum atomic E-state index is -0.339. The van der Waals surface area contributed by atoms with Gasteiger partial charge in [-0.25, -0.2) is 0 Å². The van der Waals surface area contributed by atoms with Gasteiger partial charge in [-0.2, -0.15) is 0 Å². The van der Waals surface area contributed by atoms with E-state index in [1.54, 1.807) is 0 Å². The summed E-state index contributed by atoms with van der Waals surface area (Å²) in [7, 11) is 3.94. The molecule has 1 heterocycles. The van der Waals surface area contributed by atoms with Crippen molar-refractivity contribution in [3.63, 3.8) is 0 Å². The van der Waals surface area contributed by atoms with Crippen LogP contribution in [0.4, 0.5) is 5.69 Å². The van der Waals surface area contributed by atoms with Crippen LogP contribution in [0.5, 0.6) is 0 Å². The van der Waals surface area contributed by atoms with Crippen molar-refractivity contribution in [3.8, 4) is 0 Å². The highest BCUT2D eigenvalue weighted by Crippen LogP contribution is 2.16. The van der Waals surface area contributed by atoms with Crippen LogP contribution in [0.2, 0.25) is 10.3 Å². The quantitative estimate of drug-likeness (QED) is 0.939. The normalized spacial score (nSPS) is 10.3. The number of rotatable bonds is 4. The fourth-order valence-electron chi connectivity index (χ4n) is 1.70. The van der Waals surface area contributed by atoms with Gasteiger partial charge in [0.15, 0.2) is 10.3 Å². The number of carbonyl (C=O) groups is 1. The summed E-state index contributed by atoms with van der Waals surface area (Å²) in [5, 5.41) is 10.1. The van der Waals surface area contributed by atoms with E-state index in [4.69, 9.17) is 23.2 Å². The fourth-order valence-corrected chi connectivity index (χ4v) is 2.03.